The Hall–Kier alpha value is -1.26. The fourth-order valence-corrected chi connectivity index (χ4v) is 3.31. The van der Waals surface area contributed by atoms with Crippen LogP contribution in [0.3, 0.4) is 0 Å². The summed E-state index contributed by atoms with van der Waals surface area (Å²) in [6.07, 6.45) is 3.51. The van der Waals surface area contributed by atoms with Gasteiger partial charge in [-0.2, -0.15) is 5.48 Å². The zero-order valence-electron chi connectivity index (χ0n) is 11.7. The average molecular weight is 263 g/mol. The topological polar surface area (TPSA) is 50.7 Å². The van der Waals surface area contributed by atoms with E-state index in [2.05, 4.69) is 5.48 Å². The van der Waals surface area contributed by atoms with Crippen molar-refractivity contribution in [2.24, 2.45) is 5.41 Å². The van der Waals surface area contributed by atoms with Crippen molar-refractivity contribution in [1.29, 1.82) is 0 Å². The van der Waals surface area contributed by atoms with E-state index in [0.29, 0.717) is 5.75 Å². The van der Waals surface area contributed by atoms with E-state index >= 15 is 0 Å². The van der Waals surface area contributed by atoms with Gasteiger partial charge in [0, 0.05) is 11.0 Å². The van der Waals surface area contributed by atoms with Gasteiger partial charge in [0.25, 0.3) is 0 Å². The van der Waals surface area contributed by atoms with Crippen LogP contribution in [0, 0.1) is 19.3 Å². The van der Waals surface area contributed by atoms with Crippen LogP contribution < -0.4 is 10.2 Å². The van der Waals surface area contributed by atoms with Crippen LogP contribution in [-0.2, 0) is 4.84 Å². The maximum Gasteiger partial charge on any atom is 0.127 e. The molecule has 1 fully saturated rings. The molecule has 0 amide bonds. The van der Waals surface area contributed by atoms with E-state index in [1.807, 2.05) is 19.9 Å². The molecule has 104 valence electrons. The quantitative estimate of drug-likeness (QED) is 0.806. The zero-order chi connectivity index (χ0) is 13.6. The molecule has 1 aliphatic heterocycles. The minimum absolute atomic E-state index is 0.0974. The van der Waals surface area contributed by atoms with Gasteiger partial charge in [-0.25, -0.2) is 0 Å². The van der Waals surface area contributed by atoms with Gasteiger partial charge in [-0.15, -0.1) is 0 Å². The maximum atomic E-state index is 10.1. The molecule has 0 bridgehead atoms. The summed E-state index contributed by atoms with van der Waals surface area (Å²) in [7, 11) is 1.64. The van der Waals surface area contributed by atoms with Gasteiger partial charge >= 0.3 is 0 Å². The van der Waals surface area contributed by atoms with E-state index < -0.39 is 0 Å². The molecular formula is C15H21NO3. The molecule has 2 N–H and O–H groups in total. The van der Waals surface area contributed by atoms with Gasteiger partial charge in [0.2, 0.25) is 0 Å². The van der Waals surface area contributed by atoms with Gasteiger partial charge in [-0.1, -0.05) is 6.42 Å². The van der Waals surface area contributed by atoms with E-state index in [1.165, 1.54) is 6.42 Å². The number of hydrogen-bond acceptors (Lipinski definition) is 4. The summed E-state index contributed by atoms with van der Waals surface area (Å²) < 4.78 is 6.02. The van der Waals surface area contributed by atoms with E-state index in [-0.39, 0.29) is 11.5 Å². The molecule has 19 heavy (non-hydrogen) atoms. The third-order valence-corrected chi connectivity index (χ3v) is 4.85. The van der Waals surface area contributed by atoms with E-state index in [0.717, 1.165) is 41.9 Å². The van der Waals surface area contributed by atoms with Crippen molar-refractivity contribution in [3.63, 3.8) is 0 Å². The van der Waals surface area contributed by atoms with Crippen molar-refractivity contribution in [1.82, 2.24) is 5.48 Å². The van der Waals surface area contributed by atoms with Crippen LogP contribution in [-0.4, -0.2) is 18.8 Å². The third kappa shape index (κ3) is 1.74. The predicted molar refractivity (Wildman–Crippen MR) is 72.2 cm³/mol. The lowest BCUT2D eigenvalue weighted by atomic mass is 9.62. The minimum atomic E-state index is 0.0974. The van der Waals surface area contributed by atoms with Crippen molar-refractivity contribution in [3.05, 3.63) is 22.8 Å². The van der Waals surface area contributed by atoms with Crippen LogP contribution in [0.1, 0.15) is 42.0 Å². The molecule has 0 aromatic heterocycles. The predicted octanol–water partition coefficient (Wildman–Crippen LogP) is 2.76. The third-order valence-electron chi connectivity index (χ3n) is 4.85. The first-order valence-corrected chi connectivity index (χ1v) is 6.83. The van der Waals surface area contributed by atoms with Crippen LogP contribution >= 0.6 is 0 Å². The molecule has 1 saturated carbocycles. The Balaban J connectivity index is 2.10. The molecule has 0 saturated heterocycles. The molecule has 3 rings (SSSR count). The van der Waals surface area contributed by atoms with E-state index in [1.54, 1.807) is 7.11 Å². The van der Waals surface area contributed by atoms with Crippen molar-refractivity contribution in [2.75, 3.05) is 13.7 Å². The molecule has 4 nitrogen and oxygen atoms in total. The van der Waals surface area contributed by atoms with Crippen molar-refractivity contribution in [3.8, 4) is 11.5 Å². The Labute approximate surface area is 113 Å². The maximum absolute atomic E-state index is 10.1. The SMILES string of the molecule is CONC1c2cc(O)c(C)c(C)c2OCC12CCC2. The van der Waals surface area contributed by atoms with Gasteiger partial charge in [-0.05, 0) is 43.9 Å². The number of hydroxylamine groups is 1. The number of benzene rings is 1. The summed E-state index contributed by atoms with van der Waals surface area (Å²) in [6, 6.07) is 1.92. The molecule has 4 heteroatoms. The lowest BCUT2D eigenvalue weighted by Crippen LogP contribution is -2.49. The first-order chi connectivity index (χ1) is 9.09. The zero-order valence-corrected chi connectivity index (χ0v) is 11.7. The van der Waals surface area contributed by atoms with Crippen LogP contribution in [0.25, 0.3) is 0 Å². The van der Waals surface area contributed by atoms with E-state index in [4.69, 9.17) is 9.57 Å². The Kier molecular flexibility index (Phi) is 2.95. The number of ether oxygens (including phenoxy) is 1. The van der Waals surface area contributed by atoms with E-state index in [9.17, 15) is 5.11 Å². The highest BCUT2D eigenvalue weighted by molar-refractivity contribution is 5.54. The summed E-state index contributed by atoms with van der Waals surface area (Å²) >= 11 is 0. The molecule has 1 aromatic carbocycles. The monoisotopic (exact) mass is 263 g/mol. The highest BCUT2D eigenvalue weighted by atomic mass is 16.6. The molecular weight excluding hydrogens is 242 g/mol. The fraction of sp³-hybridized carbons (Fsp3) is 0.600. The second-order valence-corrected chi connectivity index (χ2v) is 5.82. The average Bonchev–Trinajstić information content (AvgIpc) is 2.35. The summed E-state index contributed by atoms with van der Waals surface area (Å²) in [6.45, 7) is 4.64. The number of nitrogens with one attached hydrogen (secondary N) is 1. The molecule has 2 aliphatic rings. The van der Waals surface area contributed by atoms with Crippen LogP contribution in [0.5, 0.6) is 11.5 Å². The number of phenols is 1. The molecule has 1 aromatic rings. The highest BCUT2D eigenvalue weighted by Gasteiger charge is 2.49. The molecule has 1 heterocycles. The molecule has 1 atom stereocenters. The first-order valence-electron chi connectivity index (χ1n) is 6.83. The van der Waals surface area contributed by atoms with Crippen LogP contribution in [0.15, 0.2) is 6.07 Å². The molecule has 1 spiro atoms. The number of fused-ring (bicyclic) bond motifs is 1. The van der Waals surface area contributed by atoms with Crippen molar-refractivity contribution in [2.45, 2.75) is 39.2 Å². The number of phenolic OH excluding ortho intramolecular Hbond substituents is 1. The second-order valence-electron chi connectivity index (χ2n) is 5.82. The lowest BCUT2D eigenvalue weighted by molar-refractivity contribution is -0.0663. The largest absolute Gasteiger partial charge is 0.508 e. The standard InChI is InChI=1S/C15H21NO3/c1-9-10(2)13-11(7-12(9)17)14(16-18-3)15(8-19-13)5-4-6-15/h7,14,16-17H,4-6,8H2,1-3H3. The Morgan fingerprint density at radius 2 is 2.11 bits per heavy atom. The molecule has 1 aliphatic carbocycles. The first kappa shape index (κ1) is 12.8. The summed E-state index contributed by atoms with van der Waals surface area (Å²) in [4.78, 5) is 5.19. The normalized spacial score (nSPS) is 23.6. The fourth-order valence-electron chi connectivity index (χ4n) is 3.31. The van der Waals surface area contributed by atoms with Gasteiger partial charge in [-0.3, -0.25) is 0 Å². The number of hydrogen-bond donors (Lipinski definition) is 2. The lowest BCUT2D eigenvalue weighted by Gasteiger charge is -2.50. The summed E-state index contributed by atoms with van der Waals surface area (Å²) in [5, 5.41) is 10.1. The number of rotatable bonds is 2. The molecule has 0 radical (unpaired) electrons. The van der Waals surface area contributed by atoms with Crippen molar-refractivity contribution >= 4 is 0 Å². The Morgan fingerprint density at radius 3 is 2.68 bits per heavy atom. The van der Waals surface area contributed by atoms with Gasteiger partial charge in [0.15, 0.2) is 0 Å². The summed E-state index contributed by atoms with van der Waals surface area (Å²) in [5.74, 6) is 1.24. The van der Waals surface area contributed by atoms with Crippen LogP contribution in [0.2, 0.25) is 0 Å². The van der Waals surface area contributed by atoms with Gasteiger partial charge in [0.05, 0.1) is 19.8 Å². The smallest absolute Gasteiger partial charge is 0.127 e. The van der Waals surface area contributed by atoms with Crippen molar-refractivity contribution < 1.29 is 14.7 Å². The minimum Gasteiger partial charge on any atom is -0.508 e. The second kappa shape index (κ2) is 4.39. The molecule has 1 unspecified atom stereocenters. The van der Waals surface area contributed by atoms with Gasteiger partial charge in [0.1, 0.15) is 11.5 Å². The van der Waals surface area contributed by atoms with Crippen LogP contribution in [0.4, 0.5) is 0 Å². The number of aromatic hydroxyl groups is 1. The highest BCUT2D eigenvalue weighted by Crippen LogP contribution is 2.56. The Morgan fingerprint density at radius 1 is 1.37 bits per heavy atom. The van der Waals surface area contributed by atoms with Gasteiger partial charge < -0.3 is 14.7 Å². The summed E-state index contributed by atoms with van der Waals surface area (Å²) in [5.41, 5.74) is 6.17. The Bertz CT molecular complexity index is 509.